The fourth-order valence-corrected chi connectivity index (χ4v) is 1.56. The van der Waals surface area contributed by atoms with Crippen LogP contribution in [0.25, 0.3) is 0 Å². The zero-order valence-electron chi connectivity index (χ0n) is 6.23. The van der Waals surface area contributed by atoms with Gasteiger partial charge < -0.3 is 15.9 Å². The van der Waals surface area contributed by atoms with Crippen molar-refractivity contribution in [2.24, 2.45) is 17.6 Å². The minimum Gasteiger partial charge on any atom is -0.481 e. The third-order valence-electron chi connectivity index (χ3n) is 2.31. The van der Waals surface area contributed by atoms with Crippen molar-refractivity contribution in [1.29, 1.82) is 0 Å². The summed E-state index contributed by atoms with van der Waals surface area (Å²) in [7, 11) is 0. The Bertz CT molecular complexity index is 160. The van der Waals surface area contributed by atoms with Crippen LogP contribution in [0.5, 0.6) is 0 Å². The highest BCUT2D eigenvalue weighted by Crippen LogP contribution is 2.30. The second kappa shape index (κ2) is 3.19. The van der Waals surface area contributed by atoms with Crippen LogP contribution in [-0.4, -0.2) is 28.8 Å². The highest BCUT2D eigenvalue weighted by atomic mass is 16.4. The highest BCUT2D eigenvalue weighted by Gasteiger charge is 2.35. The number of carbonyl (C=O) groups is 1. The second-order valence-corrected chi connectivity index (χ2v) is 3.07. The summed E-state index contributed by atoms with van der Waals surface area (Å²) >= 11 is 0. The summed E-state index contributed by atoms with van der Waals surface area (Å²) < 4.78 is 0. The van der Waals surface area contributed by atoms with Gasteiger partial charge in [0.15, 0.2) is 0 Å². The number of rotatable bonds is 2. The van der Waals surface area contributed by atoms with Gasteiger partial charge in [-0.3, -0.25) is 4.79 Å². The maximum atomic E-state index is 10.5. The first-order valence-electron chi connectivity index (χ1n) is 3.76. The van der Waals surface area contributed by atoms with E-state index in [4.69, 9.17) is 10.8 Å². The van der Waals surface area contributed by atoms with E-state index in [-0.39, 0.29) is 5.92 Å². The molecule has 0 radical (unpaired) electrons. The van der Waals surface area contributed by atoms with E-state index in [9.17, 15) is 9.90 Å². The van der Waals surface area contributed by atoms with Crippen LogP contribution in [0.3, 0.4) is 0 Å². The molecule has 1 fully saturated rings. The minimum atomic E-state index is -0.819. The van der Waals surface area contributed by atoms with Gasteiger partial charge >= 0.3 is 5.97 Å². The molecule has 0 saturated heterocycles. The first kappa shape index (κ1) is 8.49. The molecule has 0 aliphatic heterocycles. The molecule has 0 amide bonds. The van der Waals surface area contributed by atoms with Crippen molar-refractivity contribution >= 4 is 5.97 Å². The summed E-state index contributed by atoms with van der Waals surface area (Å²) in [6.45, 7) is 0.380. The van der Waals surface area contributed by atoms with Crippen LogP contribution in [0.15, 0.2) is 0 Å². The fourth-order valence-electron chi connectivity index (χ4n) is 1.56. The van der Waals surface area contributed by atoms with Gasteiger partial charge in [0.25, 0.3) is 0 Å². The quantitative estimate of drug-likeness (QED) is 0.503. The topological polar surface area (TPSA) is 83.6 Å². The van der Waals surface area contributed by atoms with Crippen molar-refractivity contribution in [1.82, 2.24) is 0 Å². The molecule has 4 heteroatoms. The molecule has 0 aromatic carbocycles. The Hall–Kier alpha value is -0.610. The van der Waals surface area contributed by atoms with Gasteiger partial charge in [-0.15, -0.1) is 0 Å². The lowest BCUT2D eigenvalue weighted by Gasteiger charge is -2.09. The number of hydrogen-bond donors (Lipinski definition) is 3. The van der Waals surface area contributed by atoms with Crippen LogP contribution >= 0.6 is 0 Å². The van der Waals surface area contributed by atoms with Crippen molar-refractivity contribution in [2.45, 2.75) is 18.9 Å². The molecule has 4 nitrogen and oxygen atoms in total. The monoisotopic (exact) mass is 159 g/mol. The van der Waals surface area contributed by atoms with Gasteiger partial charge in [-0.25, -0.2) is 0 Å². The predicted molar refractivity (Wildman–Crippen MR) is 38.9 cm³/mol. The molecule has 4 N–H and O–H groups in total. The number of nitrogens with two attached hydrogens (primary N) is 1. The zero-order valence-corrected chi connectivity index (χ0v) is 6.23. The number of carboxylic acids is 1. The summed E-state index contributed by atoms with van der Waals surface area (Å²) in [5, 5.41) is 17.9. The Morgan fingerprint density at radius 1 is 1.55 bits per heavy atom. The Balaban J connectivity index is 2.49. The van der Waals surface area contributed by atoms with Gasteiger partial charge in [-0.2, -0.15) is 0 Å². The van der Waals surface area contributed by atoms with E-state index in [0.29, 0.717) is 19.4 Å². The van der Waals surface area contributed by atoms with Gasteiger partial charge in [0.1, 0.15) is 0 Å². The van der Waals surface area contributed by atoms with E-state index in [1.807, 2.05) is 0 Å². The fraction of sp³-hybridized carbons (Fsp3) is 0.857. The molecule has 0 heterocycles. The summed E-state index contributed by atoms with van der Waals surface area (Å²) in [5.74, 6) is -1.23. The second-order valence-electron chi connectivity index (χ2n) is 3.07. The first-order chi connectivity index (χ1) is 5.15. The molecular weight excluding hydrogens is 146 g/mol. The van der Waals surface area contributed by atoms with Crippen LogP contribution in [0.4, 0.5) is 0 Å². The van der Waals surface area contributed by atoms with Gasteiger partial charge in [0, 0.05) is 0 Å². The summed E-state index contributed by atoms with van der Waals surface area (Å²) in [6.07, 6.45) is 0.366. The number of aliphatic carboxylic acids is 1. The van der Waals surface area contributed by atoms with Gasteiger partial charge in [0.05, 0.1) is 12.0 Å². The molecule has 11 heavy (non-hydrogen) atoms. The molecule has 1 rings (SSSR count). The Labute approximate surface area is 65.0 Å². The average molecular weight is 159 g/mol. The zero-order chi connectivity index (χ0) is 8.43. The Morgan fingerprint density at radius 2 is 2.18 bits per heavy atom. The molecule has 1 aliphatic rings. The van der Waals surface area contributed by atoms with Crippen molar-refractivity contribution in [3.05, 3.63) is 0 Å². The van der Waals surface area contributed by atoms with Crippen LogP contribution in [-0.2, 0) is 4.79 Å². The smallest absolute Gasteiger partial charge is 0.306 e. The number of carboxylic acid groups (broad SMARTS) is 1. The first-order valence-corrected chi connectivity index (χ1v) is 3.76. The molecule has 0 spiro atoms. The average Bonchev–Trinajstić information content (AvgIpc) is 2.31. The molecule has 64 valence electrons. The predicted octanol–water partition coefficient (Wildman–Crippen LogP) is -0.583. The molecular formula is C7H13NO3. The maximum Gasteiger partial charge on any atom is 0.306 e. The molecule has 0 bridgehead atoms. The van der Waals surface area contributed by atoms with E-state index in [2.05, 4.69) is 0 Å². The lowest BCUT2D eigenvalue weighted by molar-refractivity contribution is -0.141. The van der Waals surface area contributed by atoms with Crippen LogP contribution in [0, 0.1) is 11.8 Å². The maximum absolute atomic E-state index is 10.5. The lowest BCUT2D eigenvalue weighted by Crippen LogP contribution is -2.21. The Morgan fingerprint density at radius 3 is 2.45 bits per heavy atom. The lowest BCUT2D eigenvalue weighted by atomic mass is 10.1. The van der Waals surface area contributed by atoms with Crippen molar-refractivity contribution in [3.63, 3.8) is 0 Å². The molecule has 1 saturated carbocycles. The Kier molecular flexibility index (Phi) is 2.46. The third kappa shape index (κ3) is 1.70. The number of aliphatic hydroxyl groups is 1. The van der Waals surface area contributed by atoms with E-state index in [1.165, 1.54) is 0 Å². The number of aliphatic hydroxyl groups excluding tert-OH is 1. The van der Waals surface area contributed by atoms with Crippen LogP contribution in [0.1, 0.15) is 12.8 Å². The van der Waals surface area contributed by atoms with Crippen molar-refractivity contribution in [2.75, 3.05) is 6.54 Å². The third-order valence-corrected chi connectivity index (χ3v) is 2.31. The summed E-state index contributed by atoms with van der Waals surface area (Å²) in [4.78, 5) is 10.5. The number of hydrogen-bond acceptors (Lipinski definition) is 3. The van der Waals surface area contributed by atoms with E-state index >= 15 is 0 Å². The molecule has 0 aromatic rings. The standard InChI is InChI=1S/C7H13NO3/c8-3-5-1-4(7(10)11)2-6(5)9/h4-6,9H,1-3,8H2,(H,10,11)/t4-,5+,6+/m0/s1. The molecule has 0 aromatic heterocycles. The summed E-state index contributed by atoms with van der Waals surface area (Å²) in [5.41, 5.74) is 5.33. The minimum absolute atomic E-state index is 0.0175. The van der Waals surface area contributed by atoms with Crippen molar-refractivity contribution in [3.8, 4) is 0 Å². The van der Waals surface area contributed by atoms with E-state index in [1.54, 1.807) is 0 Å². The normalized spacial score (nSPS) is 37.5. The molecule has 1 aliphatic carbocycles. The van der Waals surface area contributed by atoms with E-state index < -0.39 is 18.0 Å². The van der Waals surface area contributed by atoms with Crippen molar-refractivity contribution < 1.29 is 15.0 Å². The van der Waals surface area contributed by atoms with Gasteiger partial charge in [-0.05, 0) is 25.3 Å². The van der Waals surface area contributed by atoms with E-state index in [0.717, 1.165) is 0 Å². The summed E-state index contributed by atoms with van der Waals surface area (Å²) in [6, 6.07) is 0. The molecule has 0 unspecified atom stereocenters. The highest BCUT2D eigenvalue weighted by molar-refractivity contribution is 5.70. The largest absolute Gasteiger partial charge is 0.481 e. The van der Waals surface area contributed by atoms with Crippen LogP contribution < -0.4 is 5.73 Å². The molecule has 3 atom stereocenters. The van der Waals surface area contributed by atoms with Crippen LogP contribution in [0.2, 0.25) is 0 Å². The van der Waals surface area contributed by atoms with Gasteiger partial charge in [-0.1, -0.05) is 0 Å². The van der Waals surface area contributed by atoms with Gasteiger partial charge in [0.2, 0.25) is 0 Å². The SMILES string of the molecule is NC[C@H]1C[C@H](C(=O)O)C[C@H]1O.